The molecule has 1 aromatic carbocycles. The number of esters is 3. The van der Waals surface area contributed by atoms with E-state index >= 15 is 0 Å². The molecular weight excluding hydrogens is 420 g/mol. The van der Waals surface area contributed by atoms with Gasteiger partial charge in [0.25, 0.3) is 0 Å². The number of hydrogen-bond acceptors (Lipinski definition) is 7. The first-order chi connectivity index (χ1) is 12.7. The van der Waals surface area contributed by atoms with Crippen LogP contribution in [0.15, 0.2) is 28.8 Å². The fourth-order valence-electron chi connectivity index (χ4n) is 2.12. The maximum Gasteiger partial charge on any atom is 0.355 e. The van der Waals surface area contributed by atoms with Gasteiger partial charge in [0, 0.05) is 10.0 Å². The molecule has 0 fully saturated rings. The average Bonchev–Trinajstić information content (AvgIpc) is 2.62. The Bertz CT molecular complexity index is 727. The zero-order valence-electron chi connectivity index (χ0n) is 15.8. The fourth-order valence-corrected chi connectivity index (χ4v) is 2.58. The van der Waals surface area contributed by atoms with Crippen molar-refractivity contribution in [3.8, 4) is 11.5 Å². The first-order valence-electron chi connectivity index (χ1n) is 8.24. The van der Waals surface area contributed by atoms with E-state index in [9.17, 15) is 14.4 Å². The van der Waals surface area contributed by atoms with E-state index in [2.05, 4.69) is 22.5 Å². The smallest absolute Gasteiger partial charge is 0.355 e. The van der Waals surface area contributed by atoms with Crippen molar-refractivity contribution in [3.05, 3.63) is 34.3 Å². The second-order valence-electron chi connectivity index (χ2n) is 5.73. The second kappa shape index (κ2) is 10.7. The van der Waals surface area contributed by atoms with E-state index in [1.165, 1.54) is 21.1 Å². The van der Waals surface area contributed by atoms with Gasteiger partial charge < -0.3 is 18.9 Å². The number of rotatable bonds is 9. The quantitative estimate of drug-likeness (QED) is 0.329. The van der Waals surface area contributed by atoms with Gasteiger partial charge in [-0.05, 0) is 31.0 Å². The van der Waals surface area contributed by atoms with E-state index in [4.69, 9.17) is 18.9 Å². The maximum absolute atomic E-state index is 12.2. The van der Waals surface area contributed by atoms with Gasteiger partial charge in [-0.1, -0.05) is 35.9 Å². The minimum absolute atomic E-state index is 0.157. The summed E-state index contributed by atoms with van der Waals surface area (Å²) in [6.45, 7) is 6.75. The van der Waals surface area contributed by atoms with E-state index in [1.54, 1.807) is 12.1 Å². The van der Waals surface area contributed by atoms with Crippen LogP contribution in [-0.2, 0) is 30.3 Å². The Morgan fingerprint density at radius 3 is 2.26 bits per heavy atom. The molecule has 0 bridgehead atoms. The molecular formula is C19H23BrO7. The average molecular weight is 443 g/mol. The highest BCUT2D eigenvalue weighted by Gasteiger charge is 2.26. The molecule has 27 heavy (non-hydrogen) atoms. The largest absolute Gasteiger partial charge is 0.493 e. The minimum Gasteiger partial charge on any atom is -0.493 e. The summed E-state index contributed by atoms with van der Waals surface area (Å²) in [5, 5.41) is 0. The first-order valence-corrected chi connectivity index (χ1v) is 9.04. The van der Waals surface area contributed by atoms with Crippen LogP contribution >= 0.6 is 15.9 Å². The Balaban J connectivity index is 2.84. The summed E-state index contributed by atoms with van der Waals surface area (Å²) in [5.74, 6) is -1.46. The molecule has 1 rings (SSSR count). The van der Waals surface area contributed by atoms with Gasteiger partial charge in [-0.2, -0.15) is 0 Å². The number of halogens is 1. The molecule has 0 aromatic heterocycles. The Morgan fingerprint density at radius 1 is 1.15 bits per heavy atom. The van der Waals surface area contributed by atoms with Crippen molar-refractivity contribution < 1.29 is 33.3 Å². The lowest BCUT2D eigenvalue weighted by molar-refractivity contribution is -0.172. The molecule has 1 unspecified atom stereocenters. The molecule has 8 heteroatoms. The third kappa shape index (κ3) is 6.71. The minimum atomic E-state index is -1.16. The van der Waals surface area contributed by atoms with Crippen LogP contribution in [-0.4, -0.2) is 38.2 Å². The van der Waals surface area contributed by atoms with Crippen molar-refractivity contribution >= 4 is 33.8 Å². The lowest BCUT2D eigenvalue weighted by Crippen LogP contribution is -2.31. The van der Waals surface area contributed by atoms with Crippen LogP contribution in [0.25, 0.3) is 0 Å². The van der Waals surface area contributed by atoms with Crippen LogP contribution in [0.2, 0.25) is 0 Å². The van der Waals surface area contributed by atoms with Crippen molar-refractivity contribution in [3.63, 3.8) is 0 Å². The molecule has 1 atom stereocenters. The predicted octanol–water partition coefficient (Wildman–Crippen LogP) is 3.37. The third-order valence-electron chi connectivity index (χ3n) is 3.51. The van der Waals surface area contributed by atoms with Crippen molar-refractivity contribution in [2.75, 3.05) is 14.2 Å². The van der Waals surface area contributed by atoms with Gasteiger partial charge in [0.1, 0.15) is 0 Å². The van der Waals surface area contributed by atoms with Gasteiger partial charge in [0.15, 0.2) is 17.6 Å². The molecule has 0 aliphatic heterocycles. The number of carbonyl (C=O) groups excluding carboxylic acids is 3. The zero-order valence-corrected chi connectivity index (χ0v) is 17.4. The monoisotopic (exact) mass is 442 g/mol. The highest BCUT2D eigenvalue weighted by molar-refractivity contribution is 9.10. The van der Waals surface area contributed by atoms with Crippen LogP contribution in [0.4, 0.5) is 0 Å². The van der Waals surface area contributed by atoms with Gasteiger partial charge in [-0.25, -0.2) is 9.59 Å². The lowest BCUT2D eigenvalue weighted by atomic mass is 10.1. The molecule has 148 valence electrons. The van der Waals surface area contributed by atoms with Crippen LogP contribution in [0.1, 0.15) is 32.3 Å². The van der Waals surface area contributed by atoms with E-state index in [0.29, 0.717) is 28.0 Å². The molecule has 1 aromatic rings. The Morgan fingerprint density at radius 2 is 1.74 bits per heavy atom. The third-order valence-corrected chi connectivity index (χ3v) is 4.25. The van der Waals surface area contributed by atoms with Crippen LogP contribution in [0.3, 0.4) is 0 Å². The van der Waals surface area contributed by atoms with Crippen molar-refractivity contribution in [1.82, 2.24) is 0 Å². The van der Waals surface area contributed by atoms with E-state index < -0.39 is 24.0 Å². The molecule has 0 N–H and O–H groups in total. The first kappa shape index (κ1) is 22.7. The molecule has 0 radical (unpaired) electrons. The standard InChI is InChI=1S/C19H23BrO7/c1-6-7-14(26-18(22)11(2)3)19(23)27-17(21)9-12-8-15(24-4)16(25-5)10-13(12)20/h8,10,14H,2,6-7,9H2,1,3-5H3. The van der Waals surface area contributed by atoms with Crippen LogP contribution in [0.5, 0.6) is 11.5 Å². The zero-order chi connectivity index (χ0) is 20.6. The summed E-state index contributed by atoms with van der Waals surface area (Å²) in [4.78, 5) is 36.0. The van der Waals surface area contributed by atoms with Crippen molar-refractivity contribution in [2.24, 2.45) is 0 Å². The summed E-state index contributed by atoms with van der Waals surface area (Å²) >= 11 is 3.34. The summed E-state index contributed by atoms with van der Waals surface area (Å²) in [6, 6.07) is 3.26. The Hall–Kier alpha value is -2.35. The SMILES string of the molecule is C=C(C)C(=O)OC(CCC)C(=O)OC(=O)Cc1cc(OC)c(OC)cc1Br. The van der Waals surface area contributed by atoms with E-state index in [0.717, 1.165) is 0 Å². The number of ether oxygens (including phenoxy) is 4. The molecule has 0 aliphatic rings. The number of methoxy groups -OCH3 is 2. The van der Waals surface area contributed by atoms with Crippen LogP contribution in [0, 0.1) is 0 Å². The number of hydrogen-bond donors (Lipinski definition) is 0. The predicted molar refractivity (Wildman–Crippen MR) is 102 cm³/mol. The molecule has 0 amide bonds. The van der Waals surface area contributed by atoms with E-state index in [1.807, 2.05) is 6.92 Å². The fraction of sp³-hybridized carbons (Fsp3) is 0.421. The van der Waals surface area contributed by atoms with Gasteiger partial charge in [0.05, 0.1) is 20.6 Å². The van der Waals surface area contributed by atoms with Gasteiger partial charge in [-0.3, -0.25) is 4.79 Å². The Labute approximate surface area is 166 Å². The summed E-state index contributed by atoms with van der Waals surface area (Å²) in [5.41, 5.74) is 0.709. The summed E-state index contributed by atoms with van der Waals surface area (Å²) in [6.07, 6.45) is -0.527. The van der Waals surface area contributed by atoms with Crippen LogP contribution < -0.4 is 9.47 Å². The van der Waals surface area contributed by atoms with Gasteiger partial charge >= 0.3 is 17.9 Å². The Kier molecular flexibility index (Phi) is 9.00. The van der Waals surface area contributed by atoms with E-state index in [-0.39, 0.29) is 18.4 Å². The highest BCUT2D eigenvalue weighted by Crippen LogP contribution is 2.33. The lowest BCUT2D eigenvalue weighted by Gasteiger charge is -2.16. The van der Waals surface area contributed by atoms with Crippen molar-refractivity contribution in [2.45, 2.75) is 39.2 Å². The van der Waals surface area contributed by atoms with Crippen molar-refractivity contribution in [1.29, 1.82) is 0 Å². The molecule has 0 heterocycles. The highest BCUT2D eigenvalue weighted by atomic mass is 79.9. The molecule has 0 saturated carbocycles. The van der Waals surface area contributed by atoms with Gasteiger partial charge in [-0.15, -0.1) is 0 Å². The number of benzene rings is 1. The second-order valence-corrected chi connectivity index (χ2v) is 6.59. The molecule has 7 nitrogen and oxygen atoms in total. The summed E-state index contributed by atoms with van der Waals surface area (Å²) < 4.78 is 20.9. The molecule has 0 spiro atoms. The summed E-state index contributed by atoms with van der Waals surface area (Å²) in [7, 11) is 2.97. The normalized spacial score (nSPS) is 11.3. The maximum atomic E-state index is 12.2. The van der Waals surface area contributed by atoms with Gasteiger partial charge in [0.2, 0.25) is 0 Å². The topological polar surface area (TPSA) is 88.1 Å². The molecule has 0 saturated heterocycles. The molecule has 0 aliphatic carbocycles. The number of carbonyl (C=O) groups is 3.